The summed E-state index contributed by atoms with van der Waals surface area (Å²) >= 11 is 5.42. The van der Waals surface area contributed by atoms with Gasteiger partial charge in [-0.25, -0.2) is 0 Å². The molecule has 1 amide bonds. The van der Waals surface area contributed by atoms with Crippen molar-refractivity contribution in [1.29, 1.82) is 0 Å². The van der Waals surface area contributed by atoms with E-state index in [1.807, 2.05) is 0 Å². The fraction of sp³-hybridized carbons (Fsp3) is 0.429. The van der Waals surface area contributed by atoms with E-state index in [4.69, 9.17) is 11.6 Å². The Morgan fingerprint density at radius 3 is 2.85 bits per heavy atom. The Morgan fingerprint density at radius 1 is 1.54 bits per heavy atom. The number of halogens is 1. The van der Waals surface area contributed by atoms with Crippen LogP contribution in [0.2, 0.25) is 0 Å². The topological polar surface area (TPSA) is 77.8 Å². The van der Waals surface area contributed by atoms with Crippen molar-refractivity contribution in [2.24, 2.45) is 0 Å². The molecule has 72 valence electrons. The second-order valence-corrected chi connectivity index (χ2v) is 2.85. The van der Waals surface area contributed by atoms with Crippen molar-refractivity contribution in [2.45, 2.75) is 6.42 Å². The van der Waals surface area contributed by atoms with Crippen molar-refractivity contribution < 1.29 is 4.79 Å². The van der Waals surface area contributed by atoms with Crippen molar-refractivity contribution >= 4 is 17.5 Å². The summed E-state index contributed by atoms with van der Waals surface area (Å²) in [5, 5.41) is 7.32. The Kier molecular flexibility index (Phi) is 3.57. The lowest BCUT2D eigenvalue weighted by molar-refractivity contribution is 0.0949. The number of amides is 1. The van der Waals surface area contributed by atoms with Crippen LogP contribution in [0.3, 0.4) is 0 Å². The zero-order valence-corrected chi connectivity index (χ0v) is 7.65. The Morgan fingerprint density at radius 2 is 2.31 bits per heavy atom. The maximum atomic E-state index is 11.2. The number of aromatic amines is 2. The van der Waals surface area contributed by atoms with Gasteiger partial charge in [0.2, 0.25) is 0 Å². The highest BCUT2D eigenvalue weighted by Gasteiger charge is 2.05. The number of carbonyl (C=O) groups excluding carboxylic acids is 1. The molecule has 0 unspecified atom stereocenters. The van der Waals surface area contributed by atoms with E-state index in [1.165, 1.54) is 6.07 Å². The molecule has 0 aromatic carbocycles. The van der Waals surface area contributed by atoms with Gasteiger partial charge in [0.15, 0.2) is 0 Å². The predicted molar refractivity (Wildman–Crippen MR) is 49.1 cm³/mol. The van der Waals surface area contributed by atoms with Crippen LogP contribution in [0.5, 0.6) is 0 Å². The Hall–Kier alpha value is -1.23. The van der Waals surface area contributed by atoms with Gasteiger partial charge in [-0.2, -0.15) is 0 Å². The van der Waals surface area contributed by atoms with E-state index in [0.29, 0.717) is 18.8 Å². The summed E-state index contributed by atoms with van der Waals surface area (Å²) < 4.78 is 0. The van der Waals surface area contributed by atoms with Gasteiger partial charge in [-0.3, -0.25) is 19.8 Å². The van der Waals surface area contributed by atoms with Crippen molar-refractivity contribution in [2.75, 3.05) is 12.4 Å². The van der Waals surface area contributed by atoms with Gasteiger partial charge in [-0.1, -0.05) is 0 Å². The minimum Gasteiger partial charge on any atom is -0.351 e. The van der Waals surface area contributed by atoms with Gasteiger partial charge in [-0.15, -0.1) is 11.6 Å². The van der Waals surface area contributed by atoms with Crippen LogP contribution in [0.1, 0.15) is 16.9 Å². The first-order chi connectivity index (χ1) is 6.24. The standard InChI is InChI=1S/C7H10ClN3O2/c8-2-1-3-9-7(13)5-4-6(12)11-10-5/h4H,1-3H2,(H,9,13)(H2,10,11,12). The van der Waals surface area contributed by atoms with E-state index in [1.54, 1.807) is 0 Å². The lowest BCUT2D eigenvalue weighted by atomic mass is 10.4. The third-order valence-electron chi connectivity index (χ3n) is 1.44. The summed E-state index contributed by atoms with van der Waals surface area (Å²) in [6, 6.07) is 1.20. The molecule has 1 heterocycles. The van der Waals surface area contributed by atoms with Gasteiger partial charge in [0.05, 0.1) is 0 Å². The van der Waals surface area contributed by atoms with Gasteiger partial charge in [0.25, 0.3) is 11.5 Å². The number of H-pyrrole nitrogens is 2. The van der Waals surface area contributed by atoms with Crippen LogP contribution in [-0.4, -0.2) is 28.5 Å². The zero-order chi connectivity index (χ0) is 9.68. The summed E-state index contributed by atoms with van der Waals surface area (Å²) in [5.74, 6) is 0.202. The van der Waals surface area contributed by atoms with Crippen molar-refractivity contribution in [3.8, 4) is 0 Å². The Balaban J connectivity index is 2.44. The lowest BCUT2D eigenvalue weighted by Gasteiger charge is -1.99. The monoisotopic (exact) mass is 203 g/mol. The smallest absolute Gasteiger partial charge is 0.269 e. The molecular weight excluding hydrogens is 194 g/mol. The highest BCUT2D eigenvalue weighted by atomic mass is 35.5. The van der Waals surface area contributed by atoms with Gasteiger partial charge < -0.3 is 5.32 Å². The van der Waals surface area contributed by atoms with E-state index >= 15 is 0 Å². The highest BCUT2D eigenvalue weighted by Crippen LogP contribution is 1.88. The van der Waals surface area contributed by atoms with Crippen LogP contribution < -0.4 is 10.9 Å². The van der Waals surface area contributed by atoms with Crippen LogP contribution in [-0.2, 0) is 0 Å². The molecule has 0 spiro atoms. The van der Waals surface area contributed by atoms with Gasteiger partial charge in [-0.05, 0) is 6.42 Å². The molecule has 6 heteroatoms. The molecule has 0 aliphatic heterocycles. The molecule has 0 radical (unpaired) electrons. The average Bonchev–Trinajstić information content (AvgIpc) is 2.52. The molecule has 1 aromatic rings. The van der Waals surface area contributed by atoms with Crippen molar-refractivity contribution in [3.63, 3.8) is 0 Å². The number of rotatable bonds is 4. The fourth-order valence-electron chi connectivity index (χ4n) is 0.818. The number of alkyl halides is 1. The van der Waals surface area contributed by atoms with Crippen LogP contribution >= 0.6 is 11.6 Å². The van der Waals surface area contributed by atoms with Crippen molar-refractivity contribution in [3.05, 3.63) is 22.1 Å². The minimum absolute atomic E-state index is 0.236. The summed E-state index contributed by atoms with van der Waals surface area (Å²) in [5.41, 5.74) is -0.0814. The molecule has 0 saturated carbocycles. The molecule has 0 aliphatic rings. The number of carbonyl (C=O) groups is 1. The second-order valence-electron chi connectivity index (χ2n) is 2.47. The number of hydrogen-bond acceptors (Lipinski definition) is 2. The molecular formula is C7H10ClN3O2. The second kappa shape index (κ2) is 4.71. The van der Waals surface area contributed by atoms with Crippen LogP contribution in [0.25, 0.3) is 0 Å². The number of hydrogen-bond donors (Lipinski definition) is 3. The first kappa shape index (κ1) is 9.85. The normalized spacial score (nSPS) is 9.92. The predicted octanol–water partition coefficient (Wildman–Crippen LogP) is 0.0617. The van der Waals surface area contributed by atoms with E-state index in [9.17, 15) is 9.59 Å². The minimum atomic E-state index is -0.317. The third-order valence-corrected chi connectivity index (χ3v) is 1.70. The first-order valence-corrected chi connectivity index (χ1v) is 4.39. The molecule has 0 atom stereocenters. The molecule has 1 rings (SSSR count). The van der Waals surface area contributed by atoms with E-state index in [0.717, 1.165) is 0 Å². The van der Waals surface area contributed by atoms with Crippen molar-refractivity contribution in [1.82, 2.24) is 15.5 Å². The SMILES string of the molecule is O=C(NCCCCl)c1cc(=O)[nH][nH]1. The first-order valence-electron chi connectivity index (χ1n) is 3.86. The molecule has 13 heavy (non-hydrogen) atoms. The van der Waals surface area contributed by atoms with E-state index in [2.05, 4.69) is 15.5 Å². The Bertz CT molecular complexity index is 330. The maximum Gasteiger partial charge on any atom is 0.269 e. The van der Waals surface area contributed by atoms with Gasteiger partial charge in [0, 0.05) is 18.5 Å². The van der Waals surface area contributed by atoms with Gasteiger partial charge >= 0.3 is 0 Å². The summed E-state index contributed by atoms with van der Waals surface area (Å²) in [6.45, 7) is 0.509. The van der Waals surface area contributed by atoms with Crippen LogP contribution in [0.15, 0.2) is 10.9 Å². The van der Waals surface area contributed by atoms with E-state index in [-0.39, 0.29) is 17.2 Å². The quantitative estimate of drug-likeness (QED) is 0.478. The van der Waals surface area contributed by atoms with Crippen LogP contribution in [0.4, 0.5) is 0 Å². The maximum absolute atomic E-state index is 11.2. The largest absolute Gasteiger partial charge is 0.351 e. The fourth-order valence-corrected chi connectivity index (χ4v) is 0.952. The molecule has 0 aliphatic carbocycles. The Labute approximate surface area is 79.5 Å². The summed E-state index contributed by atoms with van der Waals surface area (Å²) in [6.07, 6.45) is 0.710. The molecule has 0 fully saturated rings. The highest BCUT2D eigenvalue weighted by molar-refractivity contribution is 6.17. The molecule has 3 N–H and O–H groups in total. The third kappa shape index (κ3) is 2.95. The van der Waals surface area contributed by atoms with E-state index < -0.39 is 0 Å². The zero-order valence-electron chi connectivity index (χ0n) is 6.89. The molecule has 1 aromatic heterocycles. The number of aromatic nitrogens is 2. The average molecular weight is 204 g/mol. The molecule has 5 nitrogen and oxygen atoms in total. The molecule has 0 saturated heterocycles. The molecule has 0 bridgehead atoms. The van der Waals surface area contributed by atoms with Gasteiger partial charge in [0.1, 0.15) is 5.69 Å². The lowest BCUT2D eigenvalue weighted by Crippen LogP contribution is -2.25. The number of nitrogens with one attached hydrogen (secondary N) is 3. The van der Waals surface area contributed by atoms with Crippen LogP contribution in [0, 0.1) is 0 Å². The summed E-state index contributed by atoms with van der Waals surface area (Å²) in [7, 11) is 0. The summed E-state index contributed by atoms with van der Waals surface area (Å²) in [4.78, 5) is 21.8.